The highest BCUT2D eigenvalue weighted by molar-refractivity contribution is 5.98. The number of nitrogen functional groups attached to an aromatic ring is 1. The van der Waals surface area contributed by atoms with Crippen LogP contribution in [0.25, 0.3) is 0 Å². The number of cyclic esters (lactones) is 1. The number of aromatic amines is 1. The number of hydrogen-bond acceptors (Lipinski definition) is 7. The summed E-state index contributed by atoms with van der Waals surface area (Å²) in [5, 5.41) is 0. The van der Waals surface area contributed by atoms with Crippen LogP contribution in [0.5, 0.6) is 0 Å². The molecule has 0 bridgehead atoms. The molecule has 10 nitrogen and oxygen atoms in total. The number of ether oxygens (including phenoxy) is 1. The molecule has 4 rings (SSSR count). The third-order valence-electron chi connectivity index (χ3n) is 5.55. The van der Waals surface area contributed by atoms with Gasteiger partial charge in [-0.1, -0.05) is 31.5 Å². The molecule has 3 N–H and O–H groups in total. The number of carbonyl (C=O) groups excluding carboxylic acids is 2. The molecule has 0 aliphatic carbocycles. The van der Waals surface area contributed by atoms with Crippen molar-refractivity contribution in [3.8, 4) is 0 Å². The van der Waals surface area contributed by atoms with Crippen LogP contribution in [0, 0.1) is 0 Å². The summed E-state index contributed by atoms with van der Waals surface area (Å²) in [5.74, 6) is -0.719. The van der Waals surface area contributed by atoms with Crippen LogP contribution in [0.4, 0.5) is 11.5 Å². The zero-order valence-corrected chi connectivity index (χ0v) is 18.1. The Kier molecular flexibility index (Phi) is 6.16. The van der Waals surface area contributed by atoms with Gasteiger partial charge in [-0.25, -0.2) is 9.59 Å². The molecule has 0 spiro atoms. The van der Waals surface area contributed by atoms with Crippen molar-refractivity contribution < 1.29 is 18.7 Å². The van der Waals surface area contributed by atoms with E-state index < -0.39 is 29.2 Å². The van der Waals surface area contributed by atoms with Crippen LogP contribution in [-0.2, 0) is 22.6 Å². The minimum Gasteiger partial charge on any atom is -0.467 e. The van der Waals surface area contributed by atoms with Crippen LogP contribution >= 0.6 is 0 Å². The summed E-state index contributed by atoms with van der Waals surface area (Å²) >= 11 is 0. The second-order valence-electron chi connectivity index (χ2n) is 7.74. The van der Waals surface area contributed by atoms with Crippen LogP contribution in [0.3, 0.4) is 0 Å². The highest BCUT2D eigenvalue weighted by Gasteiger charge is 2.35. The first kappa shape index (κ1) is 22.1. The van der Waals surface area contributed by atoms with Gasteiger partial charge in [-0.15, -0.1) is 0 Å². The topological polar surface area (TPSA) is 141 Å². The average molecular weight is 452 g/mol. The average Bonchev–Trinajstić information content (AvgIpc) is 3.41. The number of benzene rings is 1. The number of nitrogens with two attached hydrogens (primary N) is 1. The van der Waals surface area contributed by atoms with Crippen LogP contribution in [-0.4, -0.2) is 21.4 Å². The standard InChI is InChI=1S/C23H24N4O6/c1-2-3-10-26-20(24)19(21(29)25-23(26)31)27(13-14-7-6-11-32-14)18(28)12-17-15-8-4-5-9-16(15)22(30)33-17/h4-9,11,17H,2-3,10,12-13,24H2,1H3,(H,25,29,31)/t17-/m0/s1. The summed E-state index contributed by atoms with van der Waals surface area (Å²) < 4.78 is 12.0. The Morgan fingerprint density at radius 3 is 2.70 bits per heavy atom. The van der Waals surface area contributed by atoms with Gasteiger partial charge in [0.05, 0.1) is 24.8 Å². The number of H-pyrrole nitrogens is 1. The first-order valence-corrected chi connectivity index (χ1v) is 10.7. The molecule has 0 saturated carbocycles. The van der Waals surface area contributed by atoms with E-state index in [4.69, 9.17) is 14.9 Å². The lowest BCUT2D eigenvalue weighted by Crippen LogP contribution is -2.41. The Morgan fingerprint density at radius 1 is 1.18 bits per heavy atom. The minimum absolute atomic E-state index is 0.0899. The SMILES string of the molecule is CCCCn1c(N)c(N(Cc2ccco2)C(=O)C[C@@H]2OC(=O)c3ccccc32)c(=O)[nH]c1=O. The molecule has 0 fully saturated rings. The van der Waals surface area contributed by atoms with Crippen LogP contribution < -0.4 is 21.9 Å². The lowest BCUT2D eigenvalue weighted by atomic mass is 10.0. The molecule has 0 saturated heterocycles. The number of nitrogens with one attached hydrogen (secondary N) is 1. The third-order valence-corrected chi connectivity index (χ3v) is 5.55. The summed E-state index contributed by atoms with van der Waals surface area (Å²) in [6.07, 6.45) is 1.91. The summed E-state index contributed by atoms with van der Waals surface area (Å²) in [4.78, 5) is 54.2. The number of esters is 1. The van der Waals surface area contributed by atoms with E-state index in [1.165, 1.54) is 15.7 Å². The van der Waals surface area contributed by atoms with Gasteiger partial charge < -0.3 is 14.9 Å². The number of rotatable bonds is 8. The Morgan fingerprint density at radius 2 is 1.97 bits per heavy atom. The molecular formula is C23H24N4O6. The zero-order valence-electron chi connectivity index (χ0n) is 18.1. The first-order chi connectivity index (χ1) is 15.9. The van der Waals surface area contributed by atoms with Gasteiger partial charge in [-0.05, 0) is 24.6 Å². The zero-order chi connectivity index (χ0) is 23.5. The number of furan rings is 1. The van der Waals surface area contributed by atoms with E-state index in [-0.39, 0.29) is 24.5 Å². The van der Waals surface area contributed by atoms with E-state index >= 15 is 0 Å². The fraction of sp³-hybridized carbons (Fsp3) is 0.304. The van der Waals surface area contributed by atoms with Crippen molar-refractivity contribution >= 4 is 23.4 Å². The molecule has 3 aromatic rings. The Balaban J connectivity index is 1.72. The fourth-order valence-corrected chi connectivity index (χ4v) is 3.87. The van der Waals surface area contributed by atoms with Crippen LogP contribution in [0.15, 0.2) is 56.7 Å². The van der Waals surface area contributed by atoms with E-state index in [1.807, 2.05) is 6.92 Å². The highest BCUT2D eigenvalue weighted by Crippen LogP contribution is 2.34. The van der Waals surface area contributed by atoms with Gasteiger partial charge in [0.15, 0.2) is 5.69 Å². The Labute approximate surface area is 188 Å². The number of fused-ring (bicyclic) bond motifs is 1. The molecule has 1 amide bonds. The molecule has 0 unspecified atom stereocenters. The van der Waals surface area contributed by atoms with Gasteiger partial charge >= 0.3 is 11.7 Å². The Bertz CT molecular complexity index is 1290. The predicted molar refractivity (Wildman–Crippen MR) is 120 cm³/mol. The van der Waals surface area contributed by atoms with E-state index in [2.05, 4.69) is 4.98 Å². The number of unbranched alkanes of at least 4 members (excludes halogenated alkanes) is 1. The summed E-state index contributed by atoms with van der Waals surface area (Å²) in [7, 11) is 0. The summed E-state index contributed by atoms with van der Waals surface area (Å²) in [5.41, 5.74) is 5.66. The second-order valence-corrected chi connectivity index (χ2v) is 7.74. The van der Waals surface area contributed by atoms with Gasteiger partial charge in [0.2, 0.25) is 5.91 Å². The molecular weight excluding hydrogens is 428 g/mol. The van der Waals surface area contributed by atoms with Crippen molar-refractivity contribution in [1.82, 2.24) is 9.55 Å². The smallest absolute Gasteiger partial charge is 0.339 e. The van der Waals surface area contributed by atoms with Gasteiger partial charge in [-0.3, -0.25) is 24.0 Å². The fourth-order valence-electron chi connectivity index (χ4n) is 3.87. The predicted octanol–water partition coefficient (Wildman–Crippen LogP) is 2.35. The molecule has 0 radical (unpaired) electrons. The maximum Gasteiger partial charge on any atom is 0.339 e. The van der Waals surface area contributed by atoms with Gasteiger partial charge in [0.1, 0.15) is 17.7 Å². The van der Waals surface area contributed by atoms with Crippen molar-refractivity contribution in [2.45, 2.75) is 45.4 Å². The highest BCUT2D eigenvalue weighted by atomic mass is 16.5. The summed E-state index contributed by atoms with van der Waals surface area (Å²) in [6, 6.07) is 10.1. The molecule has 10 heteroatoms. The maximum atomic E-state index is 13.5. The van der Waals surface area contributed by atoms with Crippen molar-refractivity contribution in [2.24, 2.45) is 0 Å². The number of amides is 1. The molecule has 1 atom stereocenters. The van der Waals surface area contributed by atoms with Crippen molar-refractivity contribution in [3.05, 3.63) is 80.4 Å². The van der Waals surface area contributed by atoms with Gasteiger partial charge in [-0.2, -0.15) is 0 Å². The molecule has 1 aliphatic heterocycles. The molecule has 1 aromatic carbocycles. The largest absolute Gasteiger partial charge is 0.467 e. The van der Waals surface area contributed by atoms with E-state index in [0.29, 0.717) is 29.9 Å². The normalized spacial score (nSPS) is 14.7. The molecule has 2 aromatic heterocycles. The number of aromatic nitrogens is 2. The maximum absolute atomic E-state index is 13.5. The monoisotopic (exact) mass is 452 g/mol. The van der Waals surface area contributed by atoms with E-state index in [1.54, 1.807) is 36.4 Å². The summed E-state index contributed by atoms with van der Waals surface area (Å²) in [6.45, 7) is 2.16. The number of hydrogen-bond donors (Lipinski definition) is 2. The van der Waals surface area contributed by atoms with Crippen molar-refractivity contribution in [1.29, 1.82) is 0 Å². The Hall–Kier alpha value is -4.08. The lowest BCUT2D eigenvalue weighted by Gasteiger charge is -2.25. The molecule has 3 heterocycles. The van der Waals surface area contributed by atoms with E-state index in [9.17, 15) is 19.2 Å². The number of carbonyl (C=O) groups is 2. The molecule has 33 heavy (non-hydrogen) atoms. The van der Waals surface area contributed by atoms with Crippen molar-refractivity contribution in [3.63, 3.8) is 0 Å². The second kappa shape index (κ2) is 9.19. The quantitative estimate of drug-likeness (QED) is 0.500. The van der Waals surface area contributed by atoms with E-state index in [0.717, 1.165) is 6.42 Å². The first-order valence-electron chi connectivity index (χ1n) is 10.7. The van der Waals surface area contributed by atoms with Crippen LogP contribution in [0.2, 0.25) is 0 Å². The lowest BCUT2D eigenvalue weighted by molar-refractivity contribution is -0.120. The third kappa shape index (κ3) is 4.32. The number of anilines is 2. The molecule has 172 valence electrons. The van der Waals surface area contributed by atoms with Crippen molar-refractivity contribution in [2.75, 3.05) is 10.6 Å². The van der Waals surface area contributed by atoms with Gasteiger partial charge in [0, 0.05) is 12.1 Å². The van der Waals surface area contributed by atoms with Gasteiger partial charge in [0.25, 0.3) is 5.56 Å². The molecule has 1 aliphatic rings. The van der Waals surface area contributed by atoms with Crippen LogP contribution in [0.1, 0.15) is 54.0 Å². The number of nitrogens with zero attached hydrogens (tertiary/aromatic N) is 2. The minimum atomic E-state index is -0.799.